The highest BCUT2D eigenvalue weighted by molar-refractivity contribution is 9.10. The number of carbonyl (C=O) groups is 1. The minimum absolute atomic E-state index is 0.0925. The van der Waals surface area contributed by atoms with Crippen LogP contribution >= 0.6 is 39.1 Å². The Morgan fingerprint density at radius 2 is 2.05 bits per heavy atom. The molecule has 1 aromatic carbocycles. The third-order valence-electron chi connectivity index (χ3n) is 2.35. The molecule has 0 saturated heterocycles. The van der Waals surface area contributed by atoms with Gasteiger partial charge in [-0.05, 0) is 40.5 Å². The van der Waals surface area contributed by atoms with Gasteiger partial charge in [0.2, 0.25) is 0 Å². The normalized spacial score (nSPS) is 10.3. The predicted molar refractivity (Wildman–Crippen MR) is 78.9 cm³/mol. The number of rotatable bonds is 2. The Morgan fingerprint density at radius 3 is 2.74 bits per heavy atom. The number of nitrogens with one attached hydrogen (secondary N) is 1. The van der Waals surface area contributed by atoms with Gasteiger partial charge in [-0.3, -0.25) is 4.79 Å². The maximum atomic E-state index is 12.1. The first-order valence-corrected chi connectivity index (χ1v) is 6.77. The van der Waals surface area contributed by atoms with Crippen molar-refractivity contribution in [1.29, 1.82) is 0 Å². The van der Waals surface area contributed by atoms with E-state index in [-0.39, 0.29) is 21.9 Å². The zero-order valence-corrected chi connectivity index (χ0v) is 12.8. The van der Waals surface area contributed by atoms with Crippen LogP contribution in [0, 0.1) is 6.92 Å². The summed E-state index contributed by atoms with van der Waals surface area (Å²) in [5.41, 5.74) is 1.53. The van der Waals surface area contributed by atoms with Crippen LogP contribution < -0.4 is 5.32 Å². The molecular weight excluding hydrogens is 353 g/mol. The Hall–Kier alpha value is -1.17. The summed E-state index contributed by atoms with van der Waals surface area (Å²) in [6, 6.07) is 5.41. The molecule has 0 aliphatic carbocycles. The molecule has 4 nitrogen and oxygen atoms in total. The number of amides is 1. The largest absolute Gasteiger partial charge is 0.305 e. The third kappa shape index (κ3) is 3.23. The minimum Gasteiger partial charge on any atom is -0.305 e. The van der Waals surface area contributed by atoms with Crippen molar-refractivity contribution in [3.8, 4) is 0 Å². The quantitative estimate of drug-likeness (QED) is 0.820. The van der Waals surface area contributed by atoms with Crippen LogP contribution in [0.3, 0.4) is 0 Å². The van der Waals surface area contributed by atoms with E-state index in [0.717, 1.165) is 5.56 Å². The average Bonchev–Trinajstić information content (AvgIpc) is 2.34. The maximum Gasteiger partial charge on any atom is 0.258 e. The van der Waals surface area contributed by atoms with Gasteiger partial charge in [0.1, 0.15) is 11.3 Å². The third-order valence-corrected chi connectivity index (χ3v) is 3.75. The van der Waals surface area contributed by atoms with Crippen molar-refractivity contribution in [3.05, 3.63) is 50.3 Å². The second-order valence-corrected chi connectivity index (χ2v) is 5.35. The molecule has 98 valence electrons. The first kappa shape index (κ1) is 14.2. The second-order valence-electron chi connectivity index (χ2n) is 3.76. The second kappa shape index (κ2) is 5.86. The van der Waals surface area contributed by atoms with Gasteiger partial charge in [0.25, 0.3) is 5.91 Å². The van der Waals surface area contributed by atoms with Crippen LogP contribution in [0.5, 0.6) is 0 Å². The number of aromatic nitrogens is 2. The lowest BCUT2D eigenvalue weighted by molar-refractivity contribution is 0.102. The van der Waals surface area contributed by atoms with Gasteiger partial charge in [-0.15, -0.1) is 0 Å². The zero-order valence-electron chi connectivity index (χ0n) is 9.75. The van der Waals surface area contributed by atoms with Gasteiger partial charge in [0.15, 0.2) is 11.0 Å². The Labute approximate surface area is 128 Å². The average molecular weight is 361 g/mol. The van der Waals surface area contributed by atoms with E-state index in [0.29, 0.717) is 10.0 Å². The SMILES string of the molecule is Cc1ccc(C(=O)Nc2ncnc(Cl)c2Cl)c(Br)c1. The predicted octanol–water partition coefficient (Wildman–Crippen LogP) is 4.11. The van der Waals surface area contributed by atoms with Crippen molar-refractivity contribution in [1.82, 2.24) is 9.97 Å². The van der Waals surface area contributed by atoms with Crippen LogP contribution in [0.25, 0.3) is 0 Å². The molecule has 0 saturated carbocycles. The Morgan fingerprint density at radius 1 is 1.32 bits per heavy atom. The molecular formula is C12H8BrCl2N3O. The fourth-order valence-corrected chi connectivity index (χ4v) is 2.37. The van der Waals surface area contributed by atoms with Crippen molar-refractivity contribution in [2.75, 3.05) is 5.32 Å². The van der Waals surface area contributed by atoms with Crippen LogP contribution in [-0.4, -0.2) is 15.9 Å². The van der Waals surface area contributed by atoms with Crippen LogP contribution in [0.1, 0.15) is 15.9 Å². The fourth-order valence-electron chi connectivity index (χ4n) is 1.41. The van der Waals surface area contributed by atoms with Gasteiger partial charge in [0.05, 0.1) is 5.56 Å². The molecule has 1 heterocycles. The molecule has 0 radical (unpaired) electrons. The van der Waals surface area contributed by atoms with E-state index < -0.39 is 0 Å². The summed E-state index contributed by atoms with van der Waals surface area (Å²) in [7, 11) is 0. The molecule has 7 heteroatoms. The number of nitrogens with zero attached hydrogens (tertiary/aromatic N) is 2. The standard InChI is InChI=1S/C12H8BrCl2N3O/c1-6-2-3-7(8(13)4-6)12(19)18-11-9(14)10(15)16-5-17-11/h2-5H,1H3,(H,16,17,18,19). The Balaban J connectivity index is 2.28. The minimum atomic E-state index is -0.330. The van der Waals surface area contributed by atoms with E-state index in [1.54, 1.807) is 6.07 Å². The first-order chi connectivity index (χ1) is 8.99. The molecule has 0 bridgehead atoms. The molecule has 0 fully saturated rings. The van der Waals surface area contributed by atoms with Crippen molar-refractivity contribution >= 4 is 50.9 Å². The highest BCUT2D eigenvalue weighted by Crippen LogP contribution is 2.26. The molecule has 0 atom stereocenters. The lowest BCUT2D eigenvalue weighted by Crippen LogP contribution is -2.14. The summed E-state index contributed by atoms with van der Waals surface area (Å²) in [5, 5.41) is 2.80. The summed E-state index contributed by atoms with van der Waals surface area (Å²) in [6.45, 7) is 1.94. The van der Waals surface area contributed by atoms with Crippen LogP contribution in [0.15, 0.2) is 29.0 Å². The summed E-state index contributed by atoms with van der Waals surface area (Å²) in [4.78, 5) is 19.7. The van der Waals surface area contributed by atoms with Crippen molar-refractivity contribution in [2.45, 2.75) is 6.92 Å². The lowest BCUT2D eigenvalue weighted by Gasteiger charge is -2.08. The van der Waals surface area contributed by atoms with Crippen LogP contribution in [0.2, 0.25) is 10.2 Å². The number of hydrogen-bond acceptors (Lipinski definition) is 3. The number of carbonyl (C=O) groups excluding carboxylic acids is 1. The van der Waals surface area contributed by atoms with Crippen LogP contribution in [-0.2, 0) is 0 Å². The van der Waals surface area contributed by atoms with E-state index in [1.807, 2.05) is 19.1 Å². The highest BCUT2D eigenvalue weighted by Gasteiger charge is 2.14. The van der Waals surface area contributed by atoms with E-state index in [9.17, 15) is 4.79 Å². The van der Waals surface area contributed by atoms with Gasteiger partial charge in [0, 0.05) is 4.47 Å². The van der Waals surface area contributed by atoms with Gasteiger partial charge in [-0.1, -0.05) is 29.3 Å². The van der Waals surface area contributed by atoms with Gasteiger partial charge in [-0.25, -0.2) is 9.97 Å². The van der Waals surface area contributed by atoms with E-state index >= 15 is 0 Å². The van der Waals surface area contributed by atoms with Crippen LogP contribution in [0.4, 0.5) is 5.82 Å². The summed E-state index contributed by atoms with van der Waals surface area (Å²) < 4.78 is 0.696. The molecule has 0 unspecified atom stereocenters. The van der Waals surface area contributed by atoms with Crippen molar-refractivity contribution in [2.24, 2.45) is 0 Å². The monoisotopic (exact) mass is 359 g/mol. The number of halogens is 3. The van der Waals surface area contributed by atoms with E-state index in [2.05, 4.69) is 31.2 Å². The molecule has 0 aliphatic heterocycles. The van der Waals surface area contributed by atoms with E-state index in [1.165, 1.54) is 6.33 Å². The fraction of sp³-hybridized carbons (Fsp3) is 0.0833. The number of hydrogen-bond donors (Lipinski definition) is 1. The smallest absolute Gasteiger partial charge is 0.258 e. The topological polar surface area (TPSA) is 54.9 Å². The molecule has 1 N–H and O–H groups in total. The van der Waals surface area contributed by atoms with E-state index in [4.69, 9.17) is 23.2 Å². The summed E-state index contributed by atoms with van der Waals surface area (Å²) in [6.07, 6.45) is 1.23. The van der Waals surface area contributed by atoms with Crippen molar-refractivity contribution < 1.29 is 4.79 Å². The Bertz CT molecular complexity index is 649. The van der Waals surface area contributed by atoms with Gasteiger partial charge in [-0.2, -0.15) is 0 Å². The maximum absolute atomic E-state index is 12.1. The molecule has 0 aliphatic rings. The number of anilines is 1. The summed E-state index contributed by atoms with van der Waals surface area (Å²) >= 11 is 15.0. The highest BCUT2D eigenvalue weighted by atomic mass is 79.9. The number of benzene rings is 1. The summed E-state index contributed by atoms with van der Waals surface area (Å²) in [5.74, 6) is -0.150. The zero-order chi connectivity index (χ0) is 14.0. The molecule has 1 aromatic heterocycles. The first-order valence-electron chi connectivity index (χ1n) is 5.22. The lowest BCUT2D eigenvalue weighted by atomic mass is 10.1. The van der Waals surface area contributed by atoms with Crippen molar-refractivity contribution in [3.63, 3.8) is 0 Å². The molecule has 2 rings (SSSR count). The molecule has 2 aromatic rings. The molecule has 0 spiro atoms. The Kier molecular flexibility index (Phi) is 4.39. The molecule has 19 heavy (non-hydrogen) atoms. The number of aryl methyl sites for hydroxylation is 1. The molecule has 1 amide bonds. The van der Waals surface area contributed by atoms with Gasteiger partial charge < -0.3 is 5.32 Å². The van der Waals surface area contributed by atoms with Gasteiger partial charge >= 0.3 is 0 Å².